The average molecular weight is 334 g/mol. The molecule has 3 atom stereocenters. The molecule has 0 amide bonds. The topological polar surface area (TPSA) is 47.6 Å². The minimum Gasteiger partial charge on any atom is -0.455 e. The van der Waals surface area contributed by atoms with E-state index in [1.165, 1.54) is 18.2 Å². The summed E-state index contributed by atoms with van der Waals surface area (Å²) in [5.74, 6) is -5.46. The number of rotatable bonds is 3. The zero-order valence-corrected chi connectivity index (χ0v) is 12.0. The summed E-state index contributed by atoms with van der Waals surface area (Å²) in [6.45, 7) is -2.58. The molecule has 2 aliphatic rings. The molecule has 0 spiro atoms. The molecule has 8 heteroatoms. The van der Waals surface area contributed by atoms with Crippen molar-refractivity contribution in [2.75, 3.05) is 13.3 Å². The molecule has 23 heavy (non-hydrogen) atoms. The highest BCUT2D eigenvalue weighted by atomic mass is 19.3. The van der Waals surface area contributed by atoms with E-state index in [1.54, 1.807) is 0 Å². The van der Waals surface area contributed by atoms with E-state index in [0.717, 1.165) is 6.07 Å². The molecule has 1 aliphatic carbocycles. The van der Waals surface area contributed by atoms with E-state index < -0.39 is 61.0 Å². The molecule has 2 N–H and O–H groups in total. The van der Waals surface area contributed by atoms with Gasteiger partial charge in [-0.2, -0.15) is 0 Å². The minimum atomic E-state index is -3.28. The second-order valence-corrected chi connectivity index (χ2v) is 6.08. The number of nitrogens with zero attached hydrogens (tertiary/aromatic N) is 1. The van der Waals surface area contributed by atoms with Gasteiger partial charge in [-0.15, -0.1) is 0 Å². The Bertz CT molecular complexity index is 653. The van der Waals surface area contributed by atoms with Crippen LogP contribution in [0.3, 0.4) is 0 Å². The van der Waals surface area contributed by atoms with Crippen molar-refractivity contribution in [2.24, 2.45) is 16.6 Å². The molecule has 1 fully saturated rings. The van der Waals surface area contributed by atoms with Crippen LogP contribution in [0.15, 0.2) is 29.3 Å². The second kappa shape index (κ2) is 5.07. The number of nitrogens with two attached hydrogens (primary N) is 1. The maximum atomic E-state index is 14.2. The molecule has 0 radical (unpaired) electrons. The van der Waals surface area contributed by atoms with E-state index in [2.05, 4.69) is 4.99 Å². The fraction of sp³-hybridized carbons (Fsp3) is 0.533. The lowest BCUT2D eigenvalue weighted by atomic mass is 9.71. The maximum Gasteiger partial charge on any atom is 0.283 e. The van der Waals surface area contributed by atoms with Gasteiger partial charge in [0.15, 0.2) is 5.60 Å². The van der Waals surface area contributed by atoms with Gasteiger partial charge in [-0.05, 0) is 6.07 Å². The number of ether oxygens (including phenoxy) is 1. The molecular weight excluding hydrogens is 319 g/mol. The number of amidine groups is 1. The summed E-state index contributed by atoms with van der Waals surface area (Å²) in [7, 11) is 0. The fourth-order valence-corrected chi connectivity index (χ4v) is 3.76. The van der Waals surface area contributed by atoms with Gasteiger partial charge >= 0.3 is 0 Å². The average Bonchev–Trinajstić information content (AvgIpc) is 2.78. The molecule has 3 nitrogen and oxygen atoms in total. The lowest BCUT2D eigenvalue weighted by Crippen LogP contribution is -2.57. The summed E-state index contributed by atoms with van der Waals surface area (Å²) in [5.41, 5.74) is 1.24. The van der Waals surface area contributed by atoms with Gasteiger partial charge in [-0.3, -0.25) is 0 Å². The predicted molar refractivity (Wildman–Crippen MR) is 73.1 cm³/mol. The first-order valence-electron chi connectivity index (χ1n) is 7.08. The van der Waals surface area contributed by atoms with Crippen LogP contribution in [0.25, 0.3) is 0 Å². The maximum absolute atomic E-state index is 14.2. The van der Waals surface area contributed by atoms with Crippen LogP contribution in [-0.2, 0) is 10.3 Å². The highest BCUT2D eigenvalue weighted by Gasteiger charge is 2.67. The van der Waals surface area contributed by atoms with Gasteiger partial charge in [0.1, 0.15) is 24.7 Å². The summed E-state index contributed by atoms with van der Waals surface area (Å²) < 4.78 is 74.9. The number of hydrogen-bond donors (Lipinski definition) is 1. The predicted octanol–water partition coefficient (Wildman–Crippen LogP) is 3.09. The Morgan fingerprint density at radius 1 is 1.22 bits per heavy atom. The first-order valence-corrected chi connectivity index (χ1v) is 7.08. The van der Waals surface area contributed by atoms with Crippen molar-refractivity contribution in [3.8, 4) is 0 Å². The minimum absolute atomic E-state index is 0.228. The van der Waals surface area contributed by atoms with Crippen LogP contribution in [0.2, 0.25) is 0 Å². The van der Waals surface area contributed by atoms with Crippen LogP contribution in [0.4, 0.5) is 22.0 Å². The smallest absolute Gasteiger partial charge is 0.283 e. The lowest BCUT2D eigenvalue weighted by Gasteiger charge is -2.45. The largest absolute Gasteiger partial charge is 0.455 e. The molecule has 0 aromatic heterocycles. The van der Waals surface area contributed by atoms with Crippen LogP contribution in [0, 0.1) is 11.7 Å². The van der Waals surface area contributed by atoms with Crippen molar-refractivity contribution in [1.82, 2.24) is 0 Å². The standard InChI is InChI=1S/C15H15F5N2O/c16-7-13-6-14(19,20)5-11(13)15(8-17,22-12(21)23-13)9-3-1-2-4-10(9)18/h1-4,11H,5-8H2,(H2,21,22)/t11-,13-,15+/m0/s1. The van der Waals surface area contributed by atoms with Gasteiger partial charge < -0.3 is 10.5 Å². The molecule has 1 heterocycles. The van der Waals surface area contributed by atoms with Crippen LogP contribution in [-0.4, -0.2) is 30.9 Å². The molecule has 1 aromatic rings. The zero-order valence-electron chi connectivity index (χ0n) is 12.0. The Morgan fingerprint density at radius 3 is 2.52 bits per heavy atom. The fourth-order valence-electron chi connectivity index (χ4n) is 3.76. The first kappa shape index (κ1) is 16.0. The third-order valence-electron chi connectivity index (χ3n) is 4.66. The summed E-state index contributed by atoms with van der Waals surface area (Å²) in [4.78, 5) is 3.82. The van der Waals surface area contributed by atoms with Crippen LogP contribution in [0.1, 0.15) is 18.4 Å². The van der Waals surface area contributed by atoms with Crippen LogP contribution >= 0.6 is 0 Å². The Labute approximate surface area is 129 Å². The summed E-state index contributed by atoms with van der Waals surface area (Å²) in [5, 5.41) is 0. The van der Waals surface area contributed by atoms with Crippen LogP contribution < -0.4 is 5.73 Å². The van der Waals surface area contributed by atoms with E-state index in [4.69, 9.17) is 10.5 Å². The zero-order chi connectivity index (χ0) is 16.9. The van der Waals surface area contributed by atoms with E-state index in [1.807, 2.05) is 0 Å². The highest BCUT2D eigenvalue weighted by Crippen LogP contribution is 2.58. The molecule has 1 saturated carbocycles. The highest BCUT2D eigenvalue weighted by molar-refractivity contribution is 5.74. The number of benzene rings is 1. The molecule has 1 aromatic carbocycles. The summed E-state index contributed by atoms with van der Waals surface area (Å²) >= 11 is 0. The first-order chi connectivity index (χ1) is 10.8. The Balaban J connectivity index is 2.23. The summed E-state index contributed by atoms with van der Waals surface area (Å²) in [6, 6.07) is 4.51. The SMILES string of the molecule is NC1=N[C@](CF)(c2ccccc2F)[C@H]2CC(F)(F)C[C@@]2(CF)O1. The third-order valence-corrected chi connectivity index (χ3v) is 4.66. The van der Waals surface area contributed by atoms with Gasteiger partial charge in [0.05, 0.1) is 6.42 Å². The van der Waals surface area contributed by atoms with Crippen molar-refractivity contribution in [3.05, 3.63) is 35.6 Å². The summed E-state index contributed by atoms with van der Waals surface area (Å²) in [6.07, 6.45) is -1.81. The van der Waals surface area contributed by atoms with E-state index in [9.17, 15) is 22.0 Å². The molecule has 0 bridgehead atoms. The molecule has 3 rings (SSSR count). The van der Waals surface area contributed by atoms with E-state index >= 15 is 0 Å². The van der Waals surface area contributed by atoms with E-state index in [0.29, 0.717) is 0 Å². The Kier molecular flexibility index (Phi) is 3.53. The lowest BCUT2D eigenvalue weighted by molar-refractivity contribution is -0.0693. The van der Waals surface area contributed by atoms with Gasteiger partial charge in [0, 0.05) is 17.9 Å². The molecule has 1 aliphatic heterocycles. The molecule has 126 valence electrons. The van der Waals surface area contributed by atoms with Crippen LogP contribution in [0.5, 0.6) is 0 Å². The molecule has 0 saturated heterocycles. The van der Waals surface area contributed by atoms with Gasteiger partial charge in [-0.1, -0.05) is 18.2 Å². The van der Waals surface area contributed by atoms with Crippen molar-refractivity contribution < 1.29 is 26.7 Å². The van der Waals surface area contributed by atoms with E-state index in [-0.39, 0.29) is 5.56 Å². The number of fused-ring (bicyclic) bond motifs is 1. The quantitative estimate of drug-likeness (QED) is 0.864. The van der Waals surface area contributed by atoms with Gasteiger partial charge in [-0.25, -0.2) is 26.9 Å². The normalized spacial score (nSPS) is 35.3. The van der Waals surface area contributed by atoms with Gasteiger partial charge in [0.2, 0.25) is 0 Å². The van der Waals surface area contributed by atoms with Crippen molar-refractivity contribution in [3.63, 3.8) is 0 Å². The molecule has 0 unspecified atom stereocenters. The third kappa shape index (κ3) is 2.26. The second-order valence-electron chi connectivity index (χ2n) is 6.08. The van der Waals surface area contributed by atoms with Crippen molar-refractivity contribution >= 4 is 6.02 Å². The number of hydrogen-bond acceptors (Lipinski definition) is 3. The number of alkyl halides is 4. The molecular formula is C15H15F5N2O. The Morgan fingerprint density at radius 2 is 1.91 bits per heavy atom. The Hall–Kier alpha value is -1.86. The number of halogens is 5. The van der Waals surface area contributed by atoms with Crippen molar-refractivity contribution in [2.45, 2.75) is 29.9 Å². The van der Waals surface area contributed by atoms with Crippen molar-refractivity contribution in [1.29, 1.82) is 0 Å². The van der Waals surface area contributed by atoms with Gasteiger partial charge in [0.25, 0.3) is 11.9 Å². The monoisotopic (exact) mass is 334 g/mol. The number of aliphatic imine (C=N–C) groups is 1.